The molecular weight excluding hydrogens is 241 g/mol. The zero-order chi connectivity index (χ0) is 13.7. The first kappa shape index (κ1) is 13.6. The van der Waals surface area contributed by atoms with E-state index in [-0.39, 0.29) is 5.82 Å². The third kappa shape index (κ3) is 3.35. The smallest absolute Gasteiger partial charge is 0.133 e. The van der Waals surface area contributed by atoms with Gasteiger partial charge in [-0.15, -0.1) is 0 Å². The minimum Gasteiger partial charge on any atom is -0.319 e. The number of rotatable bonds is 5. The van der Waals surface area contributed by atoms with Crippen LogP contribution in [0.4, 0.5) is 4.39 Å². The molecule has 0 aliphatic heterocycles. The predicted octanol–water partition coefficient (Wildman–Crippen LogP) is 3.00. The van der Waals surface area contributed by atoms with Crippen molar-refractivity contribution >= 4 is 0 Å². The Hall–Kier alpha value is -1.81. The van der Waals surface area contributed by atoms with E-state index in [1.165, 1.54) is 12.1 Å². The monoisotopic (exact) mass is 259 g/mol. The standard InChI is InChI=1S/C15H18FN3/c1-3-11(10-17-2)15-18-9-8-14(19-15)12-4-6-13(16)7-5-12/h4-9,11,17H,3,10H2,1-2H3. The van der Waals surface area contributed by atoms with E-state index >= 15 is 0 Å². The zero-order valence-corrected chi connectivity index (χ0v) is 11.2. The molecule has 0 saturated carbocycles. The number of likely N-dealkylation sites (N-methyl/N-ethyl adjacent to an activating group) is 1. The van der Waals surface area contributed by atoms with Gasteiger partial charge in [-0.3, -0.25) is 0 Å². The highest BCUT2D eigenvalue weighted by Crippen LogP contribution is 2.20. The number of nitrogens with zero attached hydrogens (tertiary/aromatic N) is 2. The molecule has 1 atom stereocenters. The quantitative estimate of drug-likeness (QED) is 0.897. The first-order valence-corrected chi connectivity index (χ1v) is 6.48. The molecular formula is C15H18FN3. The predicted molar refractivity (Wildman–Crippen MR) is 74.4 cm³/mol. The van der Waals surface area contributed by atoms with E-state index in [9.17, 15) is 4.39 Å². The Morgan fingerprint density at radius 3 is 2.58 bits per heavy atom. The van der Waals surface area contributed by atoms with Gasteiger partial charge in [0, 0.05) is 24.2 Å². The summed E-state index contributed by atoms with van der Waals surface area (Å²) in [5.41, 5.74) is 1.74. The molecule has 1 aromatic heterocycles. The molecule has 1 N–H and O–H groups in total. The first-order valence-electron chi connectivity index (χ1n) is 6.48. The van der Waals surface area contributed by atoms with Gasteiger partial charge in [-0.1, -0.05) is 6.92 Å². The van der Waals surface area contributed by atoms with E-state index in [0.29, 0.717) is 5.92 Å². The van der Waals surface area contributed by atoms with E-state index in [1.807, 2.05) is 13.1 Å². The molecule has 0 spiro atoms. The molecule has 2 aromatic rings. The van der Waals surface area contributed by atoms with Crippen molar-refractivity contribution in [2.75, 3.05) is 13.6 Å². The van der Waals surface area contributed by atoms with Gasteiger partial charge < -0.3 is 5.32 Å². The molecule has 0 radical (unpaired) electrons. The van der Waals surface area contributed by atoms with Gasteiger partial charge in [-0.05, 0) is 43.8 Å². The fraction of sp³-hybridized carbons (Fsp3) is 0.333. The molecule has 1 heterocycles. The highest BCUT2D eigenvalue weighted by Gasteiger charge is 2.12. The summed E-state index contributed by atoms with van der Waals surface area (Å²) in [6, 6.07) is 8.22. The molecule has 0 fully saturated rings. The van der Waals surface area contributed by atoms with E-state index in [4.69, 9.17) is 0 Å². The van der Waals surface area contributed by atoms with Gasteiger partial charge in [0.1, 0.15) is 11.6 Å². The molecule has 4 heteroatoms. The molecule has 3 nitrogen and oxygen atoms in total. The lowest BCUT2D eigenvalue weighted by Crippen LogP contribution is -2.18. The van der Waals surface area contributed by atoms with Crippen molar-refractivity contribution in [2.45, 2.75) is 19.3 Å². The Labute approximate surface area is 112 Å². The molecule has 0 aliphatic carbocycles. The van der Waals surface area contributed by atoms with Crippen LogP contribution in [0.3, 0.4) is 0 Å². The second-order valence-corrected chi connectivity index (χ2v) is 4.47. The summed E-state index contributed by atoms with van der Waals surface area (Å²) >= 11 is 0. The van der Waals surface area contributed by atoms with Gasteiger partial charge in [0.15, 0.2) is 0 Å². The maximum absolute atomic E-state index is 12.9. The Morgan fingerprint density at radius 2 is 1.95 bits per heavy atom. The van der Waals surface area contributed by atoms with E-state index < -0.39 is 0 Å². The van der Waals surface area contributed by atoms with Crippen LogP contribution in [-0.4, -0.2) is 23.6 Å². The van der Waals surface area contributed by atoms with Crippen LogP contribution in [0.2, 0.25) is 0 Å². The van der Waals surface area contributed by atoms with Crippen LogP contribution < -0.4 is 5.32 Å². The second kappa shape index (κ2) is 6.38. The van der Waals surface area contributed by atoms with Gasteiger partial charge in [0.25, 0.3) is 0 Å². The van der Waals surface area contributed by atoms with Crippen LogP contribution >= 0.6 is 0 Å². The topological polar surface area (TPSA) is 37.8 Å². The molecule has 0 bridgehead atoms. The second-order valence-electron chi connectivity index (χ2n) is 4.47. The maximum atomic E-state index is 12.9. The molecule has 0 saturated heterocycles. The third-order valence-electron chi connectivity index (χ3n) is 3.12. The third-order valence-corrected chi connectivity index (χ3v) is 3.12. The molecule has 1 aromatic carbocycles. The summed E-state index contributed by atoms with van der Waals surface area (Å²) in [4.78, 5) is 8.94. The number of halogens is 1. The van der Waals surface area contributed by atoms with Gasteiger partial charge >= 0.3 is 0 Å². The van der Waals surface area contributed by atoms with Crippen LogP contribution in [0.1, 0.15) is 25.1 Å². The average Bonchev–Trinajstić information content (AvgIpc) is 2.45. The highest BCUT2D eigenvalue weighted by molar-refractivity contribution is 5.58. The van der Waals surface area contributed by atoms with Crippen molar-refractivity contribution < 1.29 is 4.39 Å². The van der Waals surface area contributed by atoms with Crippen molar-refractivity contribution in [2.24, 2.45) is 0 Å². The summed E-state index contributed by atoms with van der Waals surface area (Å²) in [6.07, 6.45) is 2.74. The van der Waals surface area contributed by atoms with Gasteiger partial charge in [-0.25, -0.2) is 14.4 Å². The lowest BCUT2D eigenvalue weighted by Gasteiger charge is -2.13. The fourth-order valence-electron chi connectivity index (χ4n) is 2.02. The lowest BCUT2D eigenvalue weighted by molar-refractivity contribution is 0.580. The molecule has 1 unspecified atom stereocenters. The zero-order valence-electron chi connectivity index (χ0n) is 11.2. The molecule has 2 rings (SSSR count). The lowest BCUT2D eigenvalue weighted by atomic mass is 10.1. The van der Waals surface area contributed by atoms with Crippen LogP contribution in [0.5, 0.6) is 0 Å². The molecule has 0 aliphatic rings. The molecule has 0 amide bonds. The Kier molecular flexibility index (Phi) is 4.58. The number of benzene rings is 1. The number of hydrogen-bond donors (Lipinski definition) is 1. The Balaban J connectivity index is 2.30. The summed E-state index contributed by atoms with van der Waals surface area (Å²) in [5, 5.41) is 3.15. The van der Waals surface area contributed by atoms with Gasteiger partial charge in [-0.2, -0.15) is 0 Å². The van der Waals surface area contributed by atoms with Crippen molar-refractivity contribution in [3.8, 4) is 11.3 Å². The minimum absolute atomic E-state index is 0.236. The average molecular weight is 259 g/mol. The summed E-state index contributed by atoms with van der Waals surface area (Å²) in [7, 11) is 1.92. The van der Waals surface area contributed by atoms with E-state index in [1.54, 1.807) is 18.3 Å². The fourth-order valence-corrected chi connectivity index (χ4v) is 2.02. The number of nitrogens with one attached hydrogen (secondary N) is 1. The number of aromatic nitrogens is 2. The van der Waals surface area contributed by atoms with Gasteiger partial charge in [0.2, 0.25) is 0 Å². The van der Waals surface area contributed by atoms with Crippen LogP contribution in [0.25, 0.3) is 11.3 Å². The van der Waals surface area contributed by atoms with Crippen LogP contribution in [0.15, 0.2) is 36.5 Å². The normalized spacial score (nSPS) is 12.4. The molecule has 19 heavy (non-hydrogen) atoms. The SMILES string of the molecule is CCC(CNC)c1nccc(-c2ccc(F)cc2)n1. The van der Waals surface area contributed by atoms with E-state index in [0.717, 1.165) is 30.0 Å². The molecule has 100 valence electrons. The van der Waals surface area contributed by atoms with E-state index in [2.05, 4.69) is 22.2 Å². The van der Waals surface area contributed by atoms with Crippen LogP contribution in [0, 0.1) is 5.82 Å². The largest absolute Gasteiger partial charge is 0.319 e. The van der Waals surface area contributed by atoms with Crippen molar-refractivity contribution in [1.29, 1.82) is 0 Å². The summed E-state index contributed by atoms with van der Waals surface area (Å²) in [5.74, 6) is 0.892. The maximum Gasteiger partial charge on any atom is 0.133 e. The van der Waals surface area contributed by atoms with Crippen LogP contribution in [-0.2, 0) is 0 Å². The van der Waals surface area contributed by atoms with Crippen molar-refractivity contribution in [3.63, 3.8) is 0 Å². The minimum atomic E-state index is -0.236. The van der Waals surface area contributed by atoms with Crippen molar-refractivity contribution in [1.82, 2.24) is 15.3 Å². The highest BCUT2D eigenvalue weighted by atomic mass is 19.1. The first-order chi connectivity index (χ1) is 9.24. The van der Waals surface area contributed by atoms with Gasteiger partial charge in [0.05, 0.1) is 5.69 Å². The Bertz CT molecular complexity index is 525. The Morgan fingerprint density at radius 1 is 1.21 bits per heavy atom. The van der Waals surface area contributed by atoms with Crippen molar-refractivity contribution in [3.05, 3.63) is 48.2 Å². The summed E-state index contributed by atoms with van der Waals surface area (Å²) < 4.78 is 12.9. The summed E-state index contributed by atoms with van der Waals surface area (Å²) in [6.45, 7) is 2.97. The number of hydrogen-bond acceptors (Lipinski definition) is 3.